The van der Waals surface area contributed by atoms with Crippen LogP contribution < -0.4 is 0 Å². The van der Waals surface area contributed by atoms with Crippen LogP contribution in [0.3, 0.4) is 0 Å². The van der Waals surface area contributed by atoms with E-state index < -0.39 is 15.6 Å². The lowest BCUT2D eigenvalue weighted by Gasteiger charge is -2.11. The van der Waals surface area contributed by atoms with Gasteiger partial charge in [-0.1, -0.05) is 90.5 Å². The highest BCUT2D eigenvalue weighted by Crippen LogP contribution is 2.35. The van der Waals surface area contributed by atoms with Crippen molar-refractivity contribution in [3.05, 3.63) is 131 Å². The second-order valence-corrected chi connectivity index (χ2v) is 10.1. The van der Waals surface area contributed by atoms with E-state index in [1.165, 1.54) is 16.8 Å². The van der Waals surface area contributed by atoms with E-state index in [0.29, 0.717) is 21.8 Å². The van der Waals surface area contributed by atoms with Gasteiger partial charge in [0.2, 0.25) is 9.84 Å². The summed E-state index contributed by atoms with van der Waals surface area (Å²) < 4.78 is 29.4. The van der Waals surface area contributed by atoms with Crippen LogP contribution in [0.2, 0.25) is 5.02 Å². The second-order valence-electron chi connectivity index (χ2n) is 7.79. The number of aromatic nitrogens is 2. The fourth-order valence-electron chi connectivity index (χ4n) is 3.85. The first-order valence-corrected chi connectivity index (χ1v) is 12.7. The van der Waals surface area contributed by atoms with E-state index in [-0.39, 0.29) is 21.2 Å². The monoisotopic (exact) mass is 498 g/mol. The molecule has 35 heavy (non-hydrogen) atoms. The van der Waals surface area contributed by atoms with Crippen molar-refractivity contribution in [3.8, 4) is 16.9 Å². The number of benzene rings is 4. The molecule has 1 aromatic heterocycles. The molecule has 0 amide bonds. The second kappa shape index (κ2) is 9.33. The summed E-state index contributed by atoms with van der Waals surface area (Å²) in [7, 11) is -4.14. The molecule has 5 aromatic rings. The predicted octanol–water partition coefficient (Wildman–Crippen LogP) is 6.26. The molecule has 0 fully saturated rings. The van der Waals surface area contributed by atoms with E-state index in [9.17, 15) is 13.2 Å². The van der Waals surface area contributed by atoms with Crippen LogP contribution in [0.4, 0.5) is 0 Å². The summed E-state index contributed by atoms with van der Waals surface area (Å²) in [4.78, 5) is 14.0. The lowest BCUT2D eigenvalue weighted by molar-refractivity contribution is 0.103. The van der Waals surface area contributed by atoms with Crippen LogP contribution in [0.25, 0.3) is 16.9 Å². The van der Waals surface area contributed by atoms with Crippen LogP contribution >= 0.6 is 11.6 Å². The van der Waals surface area contributed by atoms with Gasteiger partial charge in [0, 0.05) is 16.1 Å². The maximum Gasteiger partial charge on any atom is 0.224 e. The molecule has 1 heterocycles. The van der Waals surface area contributed by atoms with E-state index in [4.69, 9.17) is 16.7 Å². The molecule has 0 radical (unpaired) electrons. The average molecular weight is 499 g/mol. The van der Waals surface area contributed by atoms with Gasteiger partial charge in [-0.2, -0.15) is 5.10 Å². The third-order valence-corrected chi connectivity index (χ3v) is 7.56. The van der Waals surface area contributed by atoms with E-state index in [2.05, 4.69) is 0 Å². The Morgan fingerprint density at radius 2 is 1.26 bits per heavy atom. The third kappa shape index (κ3) is 4.30. The number of carbonyl (C=O) groups is 1. The first kappa shape index (κ1) is 22.8. The molecule has 0 spiro atoms. The van der Waals surface area contributed by atoms with Gasteiger partial charge in [-0.05, 0) is 36.4 Å². The summed E-state index contributed by atoms with van der Waals surface area (Å²) in [6.07, 6.45) is 0. The number of sulfone groups is 1. The zero-order valence-electron chi connectivity index (χ0n) is 18.4. The number of rotatable bonds is 6. The molecule has 0 N–H and O–H groups in total. The van der Waals surface area contributed by atoms with Crippen molar-refractivity contribution in [1.29, 1.82) is 0 Å². The van der Waals surface area contributed by atoms with Crippen LogP contribution in [0.1, 0.15) is 15.9 Å². The lowest BCUT2D eigenvalue weighted by atomic mass is 10.0. The lowest BCUT2D eigenvalue weighted by Crippen LogP contribution is -2.14. The highest BCUT2D eigenvalue weighted by atomic mass is 35.5. The maximum atomic E-state index is 14.0. The van der Waals surface area contributed by atoms with E-state index >= 15 is 0 Å². The van der Waals surface area contributed by atoms with Crippen molar-refractivity contribution in [2.45, 2.75) is 9.92 Å². The first-order valence-electron chi connectivity index (χ1n) is 10.8. The molecule has 0 saturated carbocycles. The number of nitrogens with zero attached hydrogens (tertiary/aromatic N) is 2. The van der Waals surface area contributed by atoms with Crippen LogP contribution in [-0.2, 0) is 9.84 Å². The number of carbonyl (C=O) groups excluding carboxylic acids is 1. The summed E-state index contributed by atoms with van der Waals surface area (Å²) in [5, 5.41) is 5.02. The third-order valence-electron chi connectivity index (χ3n) is 5.53. The van der Waals surface area contributed by atoms with Gasteiger partial charge in [0.25, 0.3) is 0 Å². The van der Waals surface area contributed by atoms with Crippen molar-refractivity contribution < 1.29 is 13.2 Å². The Kier molecular flexibility index (Phi) is 6.07. The number of ketones is 1. The highest BCUT2D eigenvalue weighted by molar-refractivity contribution is 7.91. The van der Waals surface area contributed by atoms with Gasteiger partial charge in [0.15, 0.2) is 10.8 Å². The summed E-state index contributed by atoms with van der Waals surface area (Å²) >= 11 is 6.09. The van der Waals surface area contributed by atoms with Gasteiger partial charge in [-0.3, -0.25) is 4.79 Å². The molecule has 0 saturated heterocycles. The Balaban J connectivity index is 1.89. The fourth-order valence-corrected chi connectivity index (χ4v) is 5.55. The molecule has 0 atom stereocenters. The van der Waals surface area contributed by atoms with Crippen molar-refractivity contribution >= 4 is 27.2 Å². The molecule has 172 valence electrons. The predicted molar refractivity (Wildman–Crippen MR) is 136 cm³/mol. The molecule has 4 aromatic carbocycles. The standard InChI is InChI=1S/C28H19ClN2O3S/c29-22-18-16-20(17-19-22)26-25(27(32)21-10-4-1-5-11-21)28(31(30-26)23-12-6-2-7-13-23)35(33,34)24-14-8-3-9-15-24/h1-19H. The molecular formula is C28H19ClN2O3S. The van der Waals surface area contributed by atoms with Gasteiger partial charge in [-0.25, -0.2) is 13.1 Å². The molecule has 0 unspecified atom stereocenters. The molecule has 0 aliphatic heterocycles. The molecule has 7 heteroatoms. The van der Waals surface area contributed by atoms with Gasteiger partial charge in [0.05, 0.1) is 16.1 Å². The van der Waals surface area contributed by atoms with Crippen molar-refractivity contribution in [1.82, 2.24) is 9.78 Å². The number of para-hydroxylation sites is 1. The Morgan fingerprint density at radius 1 is 0.714 bits per heavy atom. The minimum absolute atomic E-state index is 0.00577. The number of hydrogen-bond acceptors (Lipinski definition) is 4. The van der Waals surface area contributed by atoms with Crippen LogP contribution in [0.5, 0.6) is 0 Å². The molecule has 5 rings (SSSR count). The number of hydrogen-bond donors (Lipinski definition) is 0. The van der Waals surface area contributed by atoms with Gasteiger partial charge < -0.3 is 0 Å². The molecular weight excluding hydrogens is 480 g/mol. The molecule has 0 aliphatic carbocycles. The van der Waals surface area contributed by atoms with Crippen LogP contribution in [-0.4, -0.2) is 24.0 Å². The fraction of sp³-hybridized carbons (Fsp3) is 0. The largest absolute Gasteiger partial charge is 0.288 e. The Labute approximate surface area is 208 Å². The Hall–Kier alpha value is -4.00. The van der Waals surface area contributed by atoms with E-state index in [0.717, 1.165) is 0 Å². The minimum Gasteiger partial charge on any atom is -0.288 e. The maximum absolute atomic E-state index is 14.0. The normalized spacial score (nSPS) is 11.3. The quantitative estimate of drug-likeness (QED) is 0.259. The Bertz CT molecular complexity index is 1600. The van der Waals surface area contributed by atoms with Crippen LogP contribution in [0, 0.1) is 0 Å². The highest BCUT2D eigenvalue weighted by Gasteiger charge is 2.35. The summed E-state index contributed by atoms with van der Waals surface area (Å²) in [5.41, 5.74) is 1.72. The smallest absolute Gasteiger partial charge is 0.224 e. The topological polar surface area (TPSA) is 69.0 Å². The van der Waals surface area contributed by atoms with Crippen molar-refractivity contribution in [3.63, 3.8) is 0 Å². The van der Waals surface area contributed by atoms with E-state index in [1.54, 1.807) is 97.1 Å². The molecule has 5 nitrogen and oxygen atoms in total. The van der Waals surface area contributed by atoms with E-state index in [1.807, 2.05) is 6.07 Å². The minimum atomic E-state index is -4.14. The first-order chi connectivity index (χ1) is 17.0. The van der Waals surface area contributed by atoms with Gasteiger partial charge >= 0.3 is 0 Å². The van der Waals surface area contributed by atoms with Gasteiger partial charge in [0.1, 0.15) is 5.69 Å². The zero-order valence-corrected chi connectivity index (χ0v) is 19.9. The van der Waals surface area contributed by atoms with Crippen molar-refractivity contribution in [2.24, 2.45) is 0 Å². The summed E-state index contributed by atoms with van der Waals surface area (Å²) in [5.74, 6) is -0.438. The molecule has 0 aliphatic rings. The van der Waals surface area contributed by atoms with Crippen LogP contribution in [0.15, 0.2) is 125 Å². The Morgan fingerprint density at radius 3 is 1.86 bits per heavy atom. The summed E-state index contributed by atoms with van der Waals surface area (Å²) in [6, 6.07) is 32.4. The number of halogens is 1. The van der Waals surface area contributed by atoms with Crippen molar-refractivity contribution in [2.75, 3.05) is 0 Å². The summed E-state index contributed by atoms with van der Waals surface area (Å²) in [6.45, 7) is 0. The average Bonchev–Trinajstić information content (AvgIpc) is 3.32. The SMILES string of the molecule is O=C(c1ccccc1)c1c(-c2ccc(Cl)cc2)nn(-c2ccccc2)c1S(=O)(=O)c1ccccc1. The zero-order chi connectivity index (χ0) is 24.4. The molecule has 0 bridgehead atoms. The van der Waals surface area contributed by atoms with Gasteiger partial charge in [-0.15, -0.1) is 0 Å².